The Hall–Kier alpha value is -1.89. The minimum Gasteiger partial charge on any atom is -0.370 e. The van der Waals surface area contributed by atoms with Crippen molar-refractivity contribution in [1.82, 2.24) is 4.73 Å². The van der Waals surface area contributed by atoms with Crippen molar-refractivity contribution < 1.29 is 14.0 Å². The smallest absolute Gasteiger partial charge is 0.370 e. The Balaban J connectivity index is 2.82. The van der Waals surface area contributed by atoms with Gasteiger partial charge in [-0.3, -0.25) is 0 Å². The summed E-state index contributed by atoms with van der Waals surface area (Å²) in [5, 5.41) is 3.25. The van der Waals surface area contributed by atoms with Crippen molar-refractivity contribution in [2.24, 2.45) is 0 Å². The number of thiophene rings is 1. The van der Waals surface area contributed by atoms with Gasteiger partial charge in [-0.1, -0.05) is 0 Å². The van der Waals surface area contributed by atoms with E-state index >= 15 is 0 Å². The summed E-state index contributed by atoms with van der Waals surface area (Å²) in [6, 6.07) is 0. The predicted octanol–water partition coefficient (Wildman–Crippen LogP) is -0.00870. The van der Waals surface area contributed by atoms with Gasteiger partial charge in [0.15, 0.2) is 0 Å². The molecule has 2 aromatic rings. The van der Waals surface area contributed by atoms with Crippen LogP contribution in [0.25, 0.3) is 10.9 Å². The highest BCUT2D eigenvalue weighted by atomic mass is 32.1. The molecule has 0 aliphatic rings. The summed E-state index contributed by atoms with van der Waals surface area (Å²) in [6.45, 7) is 1.15. The molecule has 6 nitrogen and oxygen atoms in total. The topological polar surface area (TPSA) is 78.5 Å². The van der Waals surface area contributed by atoms with E-state index < -0.39 is 17.4 Å². The van der Waals surface area contributed by atoms with Gasteiger partial charge < -0.3 is 9.25 Å². The van der Waals surface area contributed by atoms with E-state index in [0.717, 1.165) is 6.92 Å². The van der Waals surface area contributed by atoms with Crippen LogP contribution >= 0.6 is 11.3 Å². The Morgan fingerprint density at radius 2 is 2.20 bits per heavy atom. The lowest BCUT2D eigenvalue weighted by atomic mass is 10.4. The molecular weight excluding hydrogens is 222 g/mol. The van der Waals surface area contributed by atoms with Gasteiger partial charge in [0.05, 0.1) is 5.39 Å². The van der Waals surface area contributed by atoms with E-state index in [4.69, 9.17) is 0 Å². The minimum absolute atomic E-state index is 0.209. The first-order chi connectivity index (χ1) is 7.09. The molecule has 0 N–H and O–H groups in total. The SMILES string of the molecule is CC(=O)On1c(=O)oc(=O)c2cscc21. The summed E-state index contributed by atoms with van der Waals surface area (Å²) in [5.74, 6) is -1.68. The molecule has 0 fully saturated rings. The molecule has 0 spiro atoms. The number of carbonyl (C=O) groups is 1. The number of hydrogen-bond acceptors (Lipinski definition) is 6. The molecule has 2 aromatic heterocycles. The molecule has 0 saturated heterocycles. The second-order valence-corrected chi connectivity index (χ2v) is 3.45. The molecule has 15 heavy (non-hydrogen) atoms. The zero-order valence-electron chi connectivity index (χ0n) is 7.55. The quantitative estimate of drug-likeness (QED) is 0.684. The summed E-state index contributed by atoms with van der Waals surface area (Å²) in [6.07, 6.45) is 0. The van der Waals surface area contributed by atoms with E-state index in [1.807, 2.05) is 0 Å². The highest BCUT2D eigenvalue weighted by Crippen LogP contribution is 2.12. The summed E-state index contributed by atoms with van der Waals surface area (Å²) in [7, 11) is 0. The fourth-order valence-electron chi connectivity index (χ4n) is 1.09. The van der Waals surface area contributed by atoms with Crippen molar-refractivity contribution in [3.05, 3.63) is 31.7 Å². The van der Waals surface area contributed by atoms with E-state index in [0.29, 0.717) is 4.73 Å². The third-order valence-electron chi connectivity index (χ3n) is 1.65. The van der Waals surface area contributed by atoms with Crippen LogP contribution in [0.5, 0.6) is 0 Å². The standard InChI is InChI=1S/C8H5NO5S/c1-4(10)14-9-6-3-15-2-5(6)7(11)13-8(9)12/h2-3H,1H3. The number of aromatic nitrogens is 1. The first kappa shape index (κ1) is 9.66. The van der Waals surface area contributed by atoms with E-state index in [1.165, 1.54) is 22.1 Å². The van der Waals surface area contributed by atoms with Crippen LogP contribution in [0, 0.1) is 0 Å². The van der Waals surface area contributed by atoms with Crippen LogP contribution in [-0.4, -0.2) is 10.7 Å². The molecule has 78 valence electrons. The van der Waals surface area contributed by atoms with Crippen LogP contribution < -0.4 is 16.2 Å². The number of hydrogen-bond donors (Lipinski definition) is 0. The minimum atomic E-state index is -1.01. The Labute approximate surface area is 86.3 Å². The van der Waals surface area contributed by atoms with Crippen LogP contribution in [0.1, 0.15) is 6.92 Å². The summed E-state index contributed by atoms with van der Waals surface area (Å²) < 4.78 is 5.02. The van der Waals surface area contributed by atoms with E-state index in [-0.39, 0.29) is 10.9 Å². The van der Waals surface area contributed by atoms with Crippen LogP contribution in [0.2, 0.25) is 0 Å². The lowest BCUT2D eigenvalue weighted by molar-refractivity contribution is -0.142. The van der Waals surface area contributed by atoms with Crippen molar-refractivity contribution in [2.75, 3.05) is 0 Å². The third-order valence-corrected chi connectivity index (χ3v) is 2.38. The monoisotopic (exact) mass is 227 g/mol. The number of carbonyl (C=O) groups excluding carboxylic acids is 1. The second kappa shape index (κ2) is 3.35. The van der Waals surface area contributed by atoms with Crippen LogP contribution in [0.4, 0.5) is 0 Å². The Kier molecular flexibility index (Phi) is 2.16. The van der Waals surface area contributed by atoms with Gasteiger partial charge in [-0.2, -0.15) is 0 Å². The highest BCUT2D eigenvalue weighted by Gasteiger charge is 2.12. The van der Waals surface area contributed by atoms with E-state index in [1.54, 1.807) is 0 Å². The molecule has 0 radical (unpaired) electrons. The maximum atomic E-state index is 11.2. The third kappa shape index (κ3) is 1.57. The molecule has 0 amide bonds. The molecule has 2 rings (SSSR count). The Morgan fingerprint density at radius 1 is 1.47 bits per heavy atom. The average molecular weight is 227 g/mol. The van der Waals surface area contributed by atoms with Gasteiger partial charge in [0.2, 0.25) is 0 Å². The van der Waals surface area contributed by atoms with E-state index in [9.17, 15) is 14.4 Å². The van der Waals surface area contributed by atoms with Gasteiger partial charge in [0.25, 0.3) is 0 Å². The van der Waals surface area contributed by atoms with Gasteiger partial charge in [-0.15, -0.1) is 16.1 Å². The zero-order chi connectivity index (χ0) is 11.0. The molecule has 0 atom stereocenters. The van der Waals surface area contributed by atoms with Gasteiger partial charge in [0, 0.05) is 17.7 Å². The molecule has 0 aliphatic heterocycles. The highest BCUT2D eigenvalue weighted by molar-refractivity contribution is 7.09. The molecule has 0 saturated carbocycles. The first-order valence-electron chi connectivity index (χ1n) is 3.90. The maximum Gasteiger partial charge on any atom is 0.456 e. The van der Waals surface area contributed by atoms with Crippen molar-refractivity contribution >= 4 is 28.2 Å². The summed E-state index contributed by atoms with van der Waals surface area (Å²) >= 11 is 1.21. The van der Waals surface area contributed by atoms with Crippen molar-refractivity contribution in [1.29, 1.82) is 0 Å². The van der Waals surface area contributed by atoms with Crippen LogP contribution in [0.15, 0.2) is 24.8 Å². The second-order valence-electron chi connectivity index (χ2n) is 2.70. The fraction of sp³-hybridized carbons (Fsp3) is 0.125. The average Bonchev–Trinajstić information content (AvgIpc) is 2.60. The summed E-state index contributed by atoms with van der Waals surface area (Å²) in [5.41, 5.74) is -0.504. The fourth-order valence-corrected chi connectivity index (χ4v) is 1.86. The Morgan fingerprint density at radius 3 is 2.87 bits per heavy atom. The normalized spacial score (nSPS) is 10.5. The maximum absolute atomic E-state index is 11.2. The van der Waals surface area contributed by atoms with Crippen molar-refractivity contribution in [2.45, 2.75) is 6.92 Å². The number of fused-ring (bicyclic) bond motifs is 1. The zero-order valence-corrected chi connectivity index (χ0v) is 8.37. The van der Waals surface area contributed by atoms with E-state index in [2.05, 4.69) is 9.25 Å². The predicted molar refractivity (Wildman–Crippen MR) is 51.9 cm³/mol. The van der Waals surface area contributed by atoms with Gasteiger partial charge in [0.1, 0.15) is 5.52 Å². The number of rotatable bonds is 1. The van der Waals surface area contributed by atoms with Gasteiger partial charge in [-0.25, -0.2) is 14.4 Å². The summed E-state index contributed by atoms with van der Waals surface area (Å²) in [4.78, 5) is 37.7. The van der Waals surface area contributed by atoms with Crippen molar-refractivity contribution in [3.8, 4) is 0 Å². The Bertz CT molecular complexity index is 634. The molecule has 2 heterocycles. The largest absolute Gasteiger partial charge is 0.456 e. The lowest BCUT2D eigenvalue weighted by Gasteiger charge is -2.02. The first-order valence-corrected chi connectivity index (χ1v) is 4.85. The molecule has 0 bridgehead atoms. The molecule has 0 aromatic carbocycles. The van der Waals surface area contributed by atoms with Crippen LogP contribution in [0.3, 0.4) is 0 Å². The van der Waals surface area contributed by atoms with Crippen molar-refractivity contribution in [3.63, 3.8) is 0 Å². The molecular formula is C8H5NO5S. The molecule has 0 unspecified atom stereocenters. The molecule has 7 heteroatoms. The molecule has 0 aliphatic carbocycles. The van der Waals surface area contributed by atoms with Crippen LogP contribution in [-0.2, 0) is 4.79 Å². The number of nitrogens with zero attached hydrogens (tertiary/aromatic N) is 1. The van der Waals surface area contributed by atoms with Gasteiger partial charge >= 0.3 is 17.4 Å². The van der Waals surface area contributed by atoms with Gasteiger partial charge in [-0.05, 0) is 0 Å². The lowest BCUT2D eigenvalue weighted by Crippen LogP contribution is -2.31.